The number of carbonyl (C=O) groups excluding carboxylic acids is 2. The van der Waals surface area contributed by atoms with Crippen LogP contribution in [0.4, 0.5) is 5.69 Å². The summed E-state index contributed by atoms with van der Waals surface area (Å²) in [5, 5.41) is 11.7. The van der Waals surface area contributed by atoms with Gasteiger partial charge in [0.25, 0.3) is 0 Å². The molecule has 1 heterocycles. The van der Waals surface area contributed by atoms with Crippen molar-refractivity contribution in [3.8, 4) is 6.07 Å². The molecule has 0 bridgehead atoms. The summed E-state index contributed by atoms with van der Waals surface area (Å²) < 4.78 is 4.86. The van der Waals surface area contributed by atoms with Gasteiger partial charge in [-0.05, 0) is 18.2 Å². The second-order valence-electron chi connectivity index (χ2n) is 5.65. The number of amides is 2. The third kappa shape index (κ3) is 5.33. The topological polar surface area (TPSA) is 85.7 Å². The first-order valence-electron chi connectivity index (χ1n) is 7.91. The van der Waals surface area contributed by atoms with Gasteiger partial charge in [0.15, 0.2) is 0 Å². The first kappa shape index (κ1) is 17.9. The molecule has 1 fully saturated rings. The van der Waals surface area contributed by atoms with Crippen LogP contribution in [0.1, 0.15) is 12.0 Å². The minimum absolute atomic E-state index is 0.00673. The normalized spacial score (nSPS) is 14.9. The van der Waals surface area contributed by atoms with Gasteiger partial charge in [-0.25, -0.2) is 0 Å². The fourth-order valence-electron chi connectivity index (χ4n) is 2.59. The molecule has 7 nitrogen and oxygen atoms in total. The standard InChI is InChI=1S/C17H22N4O3/c1-24-13-17(23)21-9-7-20(8-10-21)6-5-16(22)19-15-4-2-3-14(11-15)12-18/h2-4,11H,5-10,13H2,1H3,(H,19,22). The predicted octanol–water partition coefficient (Wildman–Crippen LogP) is 0.677. The van der Waals surface area contributed by atoms with Crippen LogP contribution in [-0.2, 0) is 14.3 Å². The smallest absolute Gasteiger partial charge is 0.248 e. The average molecular weight is 330 g/mol. The van der Waals surface area contributed by atoms with Crippen LogP contribution >= 0.6 is 0 Å². The highest BCUT2D eigenvalue weighted by molar-refractivity contribution is 5.91. The third-order valence-electron chi connectivity index (χ3n) is 3.92. The first-order chi connectivity index (χ1) is 11.6. The van der Waals surface area contributed by atoms with E-state index < -0.39 is 0 Å². The molecular formula is C17H22N4O3. The van der Waals surface area contributed by atoms with E-state index in [9.17, 15) is 9.59 Å². The quantitative estimate of drug-likeness (QED) is 0.829. The summed E-state index contributed by atoms with van der Waals surface area (Å²) in [4.78, 5) is 27.7. The van der Waals surface area contributed by atoms with Gasteiger partial charge in [-0.3, -0.25) is 14.5 Å². The van der Waals surface area contributed by atoms with Crippen molar-refractivity contribution in [2.75, 3.05) is 51.8 Å². The van der Waals surface area contributed by atoms with Gasteiger partial charge in [-0.2, -0.15) is 5.26 Å². The minimum atomic E-state index is -0.0806. The summed E-state index contributed by atoms with van der Waals surface area (Å²) in [6, 6.07) is 8.89. The fraction of sp³-hybridized carbons (Fsp3) is 0.471. The number of ether oxygens (including phenoxy) is 1. The highest BCUT2D eigenvalue weighted by Gasteiger charge is 2.21. The molecule has 0 unspecified atom stereocenters. The number of benzene rings is 1. The summed E-state index contributed by atoms with van der Waals surface area (Å²) in [5.74, 6) is -0.0738. The van der Waals surface area contributed by atoms with Crippen molar-refractivity contribution < 1.29 is 14.3 Å². The van der Waals surface area contributed by atoms with Crippen LogP contribution in [0.3, 0.4) is 0 Å². The Hall–Kier alpha value is -2.43. The van der Waals surface area contributed by atoms with E-state index in [4.69, 9.17) is 10.00 Å². The van der Waals surface area contributed by atoms with Crippen LogP contribution < -0.4 is 5.32 Å². The van der Waals surface area contributed by atoms with Crippen molar-refractivity contribution in [2.24, 2.45) is 0 Å². The number of methoxy groups -OCH3 is 1. The highest BCUT2D eigenvalue weighted by Crippen LogP contribution is 2.10. The second kappa shape index (κ2) is 9.01. The Bertz CT molecular complexity index is 619. The van der Waals surface area contributed by atoms with Crippen molar-refractivity contribution in [1.29, 1.82) is 5.26 Å². The molecule has 128 valence electrons. The van der Waals surface area contributed by atoms with E-state index in [-0.39, 0.29) is 18.4 Å². The van der Waals surface area contributed by atoms with Crippen molar-refractivity contribution in [3.05, 3.63) is 29.8 Å². The molecule has 1 aliphatic rings. The lowest BCUT2D eigenvalue weighted by atomic mass is 10.2. The largest absolute Gasteiger partial charge is 0.375 e. The number of nitrogens with one attached hydrogen (secondary N) is 1. The van der Waals surface area contributed by atoms with E-state index in [0.717, 1.165) is 13.1 Å². The molecule has 2 rings (SSSR count). The number of carbonyl (C=O) groups is 2. The second-order valence-corrected chi connectivity index (χ2v) is 5.65. The molecule has 0 aromatic heterocycles. The van der Waals surface area contributed by atoms with Gasteiger partial charge in [0.05, 0.1) is 11.6 Å². The van der Waals surface area contributed by atoms with Gasteiger partial charge in [-0.1, -0.05) is 6.07 Å². The molecule has 1 aromatic carbocycles. The zero-order valence-corrected chi connectivity index (χ0v) is 13.8. The summed E-state index contributed by atoms with van der Waals surface area (Å²) in [7, 11) is 1.51. The zero-order valence-electron chi connectivity index (χ0n) is 13.8. The van der Waals surface area contributed by atoms with Crippen LogP contribution in [0, 0.1) is 11.3 Å². The SMILES string of the molecule is COCC(=O)N1CCN(CCC(=O)Nc2cccc(C#N)c2)CC1. The minimum Gasteiger partial charge on any atom is -0.375 e. The van der Waals surface area contributed by atoms with Crippen LogP contribution in [0.25, 0.3) is 0 Å². The van der Waals surface area contributed by atoms with Crippen molar-refractivity contribution in [2.45, 2.75) is 6.42 Å². The van der Waals surface area contributed by atoms with Gasteiger partial charge in [-0.15, -0.1) is 0 Å². The molecule has 2 amide bonds. The van der Waals surface area contributed by atoms with E-state index in [2.05, 4.69) is 10.2 Å². The van der Waals surface area contributed by atoms with Gasteiger partial charge >= 0.3 is 0 Å². The maximum Gasteiger partial charge on any atom is 0.248 e. The van der Waals surface area contributed by atoms with E-state index in [1.807, 2.05) is 6.07 Å². The van der Waals surface area contributed by atoms with Gasteiger partial charge in [0, 0.05) is 51.9 Å². The first-order valence-corrected chi connectivity index (χ1v) is 7.91. The molecule has 1 saturated heterocycles. The Balaban J connectivity index is 1.71. The fourth-order valence-corrected chi connectivity index (χ4v) is 2.59. The Kier molecular flexibility index (Phi) is 6.73. The molecule has 0 spiro atoms. The van der Waals surface area contributed by atoms with Crippen molar-refractivity contribution in [1.82, 2.24) is 9.80 Å². The zero-order chi connectivity index (χ0) is 17.4. The molecule has 1 N–H and O–H groups in total. The third-order valence-corrected chi connectivity index (χ3v) is 3.92. The monoisotopic (exact) mass is 330 g/mol. The summed E-state index contributed by atoms with van der Waals surface area (Å²) >= 11 is 0. The van der Waals surface area contributed by atoms with Crippen LogP contribution in [0.15, 0.2) is 24.3 Å². The molecular weight excluding hydrogens is 308 g/mol. The highest BCUT2D eigenvalue weighted by atomic mass is 16.5. The van der Waals surface area contributed by atoms with E-state index >= 15 is 0 Å². The number of nitriles is 1. The Labute approximate surface area is 141 Å². The van der Waals surface area contributed by atoms with Crippen LogP contribution in [-0.4, -0.2) is 68.1 Å². The summed E-state index contributed by atoms with van der Waals surface area (Å²) in [5.41, 5.74) is 1.15. The van der Waals surface area contributed by atoms with Crippen molar-refractivity contribution >= 4 is 17.5 Å². The van der Waals surface area contributed by atoms with Gasteiger partial charge < -0.3 is 15.0 Å². The Morgan fingerprint density at radius 3 is 2.71 bits per heavy atom. The van der Waals surface area contributed by atoms with Crippen LogP contribution in [0.5, 0.6) is 0 Å². The molecule has 0 atom stereocenters. The number of nitrogens with zero attached hydrogens (tertiary/aromatic N) is 3. The average Bonchev–Trinajstić information content (AvgIpc) is 2.61. The Morgan fingerprint density at radius 2 is 2.04 bits per heavy atom. The number of piperazine rings is 1. The van der Waals surface area contributed by atoms with E-state index in [0.29, 0.717) is 37.3 Å². The van der Waals surface area contributed by atoms with Crippen LogP contribution in [0.2, 0.25) is 0 Å². The maximum absolute atomic E-state index is 12.0. The van der Waals surface area contributed by atoms with E-state index in [1.54, 1.807) is 29.2 Å². The lowest BCUT2D eigenvalue weighted by Gasteiger charge is -2.34. The summed E-state index contributed by atoms with van der Waals surface area (Å²) in [6.07, 6.45) is 0.378. The molecule has 0 radical (unpaired) electrons. The molecule has 1 aromatic rings. The summed E-state index contributed by atoms with van der Waals surface area (Å²) in [6.45, 7) is 3.60. The van der Waals surface area contributed by atoms with Gasteiger partial charge in [0.1, 0.15) is 6.61 Å². The maximum atomic E-state index is 12.0. The van der Waals surface area contributed by atoms with Gasteiger partial charge in [0.2, 0.25) is 11.8 Å². The molecule has 24 heavy (non-hydrogen) atoms. The molecule has 7 heteroatoms. The lowest BCUT2D eigenvalue weighted by molar-refractivity contribution is -0.137. The number of hydrogen-bond donors (Lipinski definition) is 1. The Morgan fingerprint density at radius 1 is 1.29 bits per heavy atom. The predicted molar refractivity (Wildman–Crippen MR) is 89.3 cm³/mol. The number of rotatable bonds is 6. The number of anilines is 1. The number of hydrogen-bond acceptors (Lipinski definition) is 5. The molecule has 0 aliphatic carbocycles. The lowest BCUT2D eigenvalue weighted by Crippen LogP contribution is -2.50. The molecule has 1 aliphatic heterocycles. The van der Waals surface area contributed by atoms with E-state index in [1.165, 1.54) is 7.11 Å². The molecule has 0 saturated carbocycles. The van der Waals surface area contributed by atoms with Crippen molar-refractivity contribution in [3.63, 3.8) is 0 Å².